The van der Waals surface area contributed by atoms with Crippen LogP contribution in [0.3, 0.4) is 0 Å². The molecular weight excluding hydrogens is 216 g/mol. The molecule has 0 aliphatic carbocycles. The van der Waals surface area contributed by atoms with Crippen molar-refractivity contribution in [3.05, 3.63) is 34.9 Å². The van der Waals surface area contributed by atoms with Gasteiger partial charge in [-0.05, 0) is 37.0 Å². The summed E-state index contributed by atoms with van der Waals surface area (Å²) in [6.07, 6.45) is 2.52. The summed E-state index contributed by atoms with van der Waals surface area (Å²) < 4.78 is 4.91. The summed E-state index contributed by atoms with van der Waals surface area (Å²) in [6.45, 7) is 4.18. The molecule has 0 aliphatic rings. The third kappa shape index (κ3) is 4.39. The third-order valence-electron chi connectivity index (χ3n) is 2.60. The summed E-state index contributed by atoms with van der Waals surface area (Å²) in [5.74, 6) is -0.198. The van der Waals surface area contributed by atoms with Crippen molar-refractivity contribution in [1.29, 1.82) is 0 Å². The fraction of sp³-hybridized carbons (Fsp3) is 0.429. The minimum Gasteiger partial charge on any atom is -0.466 e. The monoisotopic (exact) mass is 234 g/mol. The lowest BCUT2D eigenvalue weighted by Gasteiger charge is -2.07. The quantitative estimate of drug-likeness (QED) is 0.560. The van der Waals surface area contributed by atoms with Crippen molar-refractivity contribution in [1.82, 2.24) is 0 Å². The van der Waals surface area contributed by atoms with Crippen LogP contribution in [0.15, 0.2) is 18.2 Å². The van der Waals surface area contributed by atoms with Gasteiger partial charge >= 0.3 is 5.97 Å². The van der Waals surface area contributed by atoms with Crippen LogP contribution in [-0.2, 0) is 27.2 Å². The maximum absolute atomic E-state index is 11.4. The molecule has 0 saturated heterocycles. The zero-order valence-corrected chi connectivity index (χ0v) is 10.4. The predicted octanol–water partition coefficient (Wildman–Crippen LogP) is 2.23. The lowest BCUT2D eigenvalue weighted by atomic mass is 10.0. The van der Waals surface area contributed by atoms with Gasteiger partial charge in [-0.2, -0.15) is 0 Å². The van der Waals surface area contributed by atoms with Crippen molar-refractivity contribution in [3.63, 3.8) is 0 Å². The smallest absolute Gasteiger partial charge is 0.310 e. The lowest BCUT2D eigenvalue weighted by molar-refractivity contribution is -0.142. The highest BCUT2D eigenvalue weighted by Crippen LogP contribution is 2.13. The number of aryl methyl sites for hydroxylation is 2. The molecule has 0 unspecified atom stereocenters. The van der Waals surface area contributed by atoms with Gasteiger partial charge in [-0.3, -0.25) is 4.79 Å². The fourth-order valence-electron chi connectivity index (χ4n) is 1.70. The Morgan fingerprint density at radius 2 is 2.18 bits per heavy atom. The van der Waals surface area contributed by atoms with Crippen LogP contribution in [0.1, 0.15) is 30.0 Å². The van der Waals surface area contributed by atoms with Gasteiger partial charge < -0.3 is 9.53 Å². The number of hydrogen-bond acceptors (Lipinski definition) is 3. The van der Waals surface area contributed by atoms with Gasteiger partial charge in [0.05, 0.1) is 13.0 Å². The van der Waals surface area contributed by atoms with Gasteiger partial charge in [-0.25, -0.2) is 0 Å². The summed E-state index contributed by atoms with van der Waals surface area (Å²) in [5.41, 5.74) is 3.18. The van der Waals surface area contributed by atoms with Gasteiger partial charge in [-0.1, -0.05) is 18.2 Å². The van der Waals surface area contributed by atoms with Crippen LogP contribution in [-0.4, -0.2) is 18.9 Å². The molecule has 3 nitrogen and oxygen atoms in total. The van der Waals surface area contributed by atoms with Crippen molar-refractivity contribution < 1.29 is 14.3 Å². The lowest BCUT2D eigenvalue weighted by Crippen LogP contribution is -2.08. The van der Waals surface area contributed by atoms with Crippen LogP contribution in [0.4, 0.5) is 0 Å². The number of hydrogen-bond donors (Lipinski definition) is 0. The van der Waals surface area contributed by atoms with E-state index in [-0.39, 0.29) is 5.97 Å². The molecule has 0 N–H and O–H groups in total. The van der Waals surface area contributed by atoms with E-state index in [4.69, 9.17) is 4.74 Å². The minimum absolute atomic E-state index is 0.198. The van der Waals surface area contributed by atoms with E-state index in [9.17, 15) is 9.59 Å². The van der Waals surface area contributed by atoms with Crippen molar-refractivity contribution in [2.75, 3.05) is 6.61 Å². The Morgan fingerprint density at radius 3 is 2.76 bits per heavy atom. The minimum atomic E-state index is -0.198. The molecule has 0 bridgehead atoms. The molecule has 92 valence electrons. The summed E-state index contributed by atoms with van der Waals surface area (Å²) in [5, 5.41) is 0. The second kappa shape index (κ2) is 6.84. The first-order valence-corrected chi connectivity index (χ1v) is 5.85. The van der Waals surface area contributed by atoms with Crippen molar-refractivity contribution in [2.45, 2.75) is 33.1 Å². The molecule has 0 saturated carbocycles. The summed E-state index contributed by atoms with van der Waals surface area (Å²) in [7, 11) is 0. The Kier molecular flexibility index (Phi) is 5.40. The van der Waals surface area contributed by atoms with Gasteiger partial charge in [0, 0.05) is 6.42 Å². The van der Waals surface area contributed by atoms with E-state index in [1.165, 1.54) is 0 Å². The maximum Gasteiger partial charge on any atom is 0.310 e. The van der Waals surface area contributed by atoms with Gasteiger partial charge in [0.1, 0.15) is 6.29 Å². The third-order valence-corrected chi connectivity index (χ3v) is 2.60. The molecule has 0 aromatic heterocycles. The molecule has 0 aliphatic heterocycles. The number of carbonyl (C=O) groups is 2. The predicted molar refractivity (Wildman–Crippen MR) is 65.9 cm³/mol. The molecular formula is C14H18O3. The average Bonchev–Trinajstić information content (AvgIpc) is 2.30. The second-order valence-electron chi connectivity index (χ2n) is 3.95. The van der Waals surface area contributed by atoms with Crippen molar-refractivity contribution in [3.8, 4) is 0 Å². The molecule has 0 spiro atoms. The number of carbonyl (C=O) groups excluding carboxylic acids is 2. The Bertz CT molecular complexity index is 396. The van der Waals surface area contributed by atoms with Crippen LogP contribution in [0.25, 0.3) is 0 Å². The van der Waals surface area contributed by atoms with E-state index >= 15 is 0 Å². The Balaban J connectivity index is 2.68. The van der Waals surface area contributed by atoms with E-state index in [1.54, 1.807) is 6.92 Å². The molecule has 0 amide bonds. The summed E-state index contributed by atoms with van der Waals surface area (Å²) in [4.78, 5) is 21.6. The normalized spacial score (nSPS) is 10.0. The molecule has 3 heteroatoms. The SMILES string of the molecule is CCOC(=O)Cc1ccc(CCC=O)cc1C. The highest BCUT2D eigenvalue weighted by molar-refractivity contribution is 5.73. The van der Waals surface area contributed by atoms with Gasteiger partial charge in [-0.15, -0.1) is 0 Å². The molecule has 1 rings (SSSR count). The van der Waals surface area contributed by atoms with E-state index in [0.29, 0.717) is 19.4 Å². The zero-order valence-electron chi connectivity index (χ0n) is 10.4. The Hall–Kier alpha value is -1.64. The van der Waals surface area contributed by atoms with Gasteiger partial charge in [0.25, 0.3) is 0 Å². The van der Waals surface area contributed by atoms with Crippen LogP contribution in [0, 0.1) is 6.92 Å². The first-order chi connectivity index (χ1) is 8.17. The van der Waals surface area contributed by atoms with Crippen LogP contribution >= 0.6 is 0 Å². The van der Waals surface area contributed by atoms with Crippen LogP contribution in [0.2, 0.25) is 0 Å². The molecule has 0 fully saturated rings. The number of aldehydes is 1. The van der Waals surface area contributed by atoms with Crippen LogP contribution in [0.5, 0.6) is 0 Å². The molecule has 0 atom stereocenters. The molecule has 0 heterocycles. The van der Waals surface area contributed by atoms with Crippen molar-refractivity contribution >= 4 is 12.3 Å². The Morgan fingerprint density at radius 1 is 1.41 bits per heavy atom. The fourth-order valence-corrected chi connectivity index (χ4v) is 1.70. The zero-order chi connectivity index (χ0) is 12.7. The second-order valence-corrected chi connectivity index (χ2v) is 3.95. The van der Waals surface area contributed by atoms with Gasteiger partial charge in [0.2, 0.25) is 0 Å². The topological polar surface area (TPSA) is 43.4 Å². The molecule has 0 radical (unpaired) electrons. The number of ether oxygens (including phenoxy) is 1. The Labute approximate surface area is 102 Å². The standard InChI is InChI=1S/C14H18O3/c1-3-17-14(16)10-13-7-6-12(5-4-8-15)9-11(13)2/h6-9H,3-5,10H2,1-2H3. The first-order valence-electron chi connectivity index (χ1n) is 5.85. The maximum atomic E-state index is 11.4. The van der Waals surface area contributed by atoms with E-state index in [1.807, 2.05) is 25.1 Å². The van der Waals surface area contributed by atoms with E-state index in [2.05, 4.69) is 0 Å². The first kappa shape index (κ1) is 13.4. The van der Waals surface area contributed by atoms with E-state index in [0.717, 1.165) is 29.4 Å². The summed E-state index contributed by atoms with van der Waals surface area (Å²) >= 11 is 0. The number of rotatable bonds is 6. The van der Waals surface area contributed by atoms with Crippen LogP contribution < -0.4 is 0 Å². The molecule has 1 aromatic carbocycles. The number of benzene rings is 1. The summed E-state index contributed by atoms with van der Waals surface area (Å²) in [6, 6.07) is 5.93. The number of esters is 1. The molecule has 17 heavy (non-hydrogen) atoms. The highest BCUT2D eigenvalue weighted by Gasteiger charge is 2.07. The van der Waals surface area contributed by atoms with Crippen molar-refractivity contribution in [2.24, 2.45) is 0 Å². The van der Waals surface area contributed by atoms with Gasteiger partial charge in [0.15, 0.2) is 0 Å². The van der Waals surface area contributed by atoms with E-state index < -0.39 is 0 Å². The molecule has 1 aromatic rings. The highest BCUT2D eigenvalue weighted by atomic mass is 16.5. The largest absolute Gasteiger partial charge is 0.466 e. The average molecular weight is 234 g/mol.